The van der Waals surface area contributed by atoms with Crippen molar-refractivity contribution >= 4 is 17.3 Å². The molecule has 0 amide bonds. The van der Waals surface area contributed by atoms with E-state index < -0.39 is 23.8 Å². The highest BCUT2D eigenvalue weighted by molar-refractivity contribution is 6.29. The SMILES string of the molecule is COc1nnc(Cl)cc1C(CC(F)F)n1cc([N+](=O)[O-])cn1. The Labute approximate surface area is 127 Å². The molecule has 2 rings (SSSR count). The Morgan fingerprint density at radius 2 is 2.23 bits per heavy atom. The highest BCUT2D eigenvalue weighted by atomic mass is 35.5. The van der Waals surface area contributed by atoms with Crippen molar-refractivity contribution < 1.29 is 18.4 Å². The number of hydrogen-bond donors (Lipinski definition) is 0. The van der Waals surface area contributed by atoms with Crippen molar-refractivity contribution in [1.82, 2.24) is 20.0 Å². The van der Waals surface area contributed by atoms with E-state index in [1.54, 1.807) is 0 Å². The molecule has 2 aromatic rings. The van der Waals surface area contributed by atoms with Crippen LogP contribution in [-0.2, 0) is 0 Å². The van der Waals surface area contributed by atoms with Gasteiger partial charge in [-0.05, 0) is 6.07 Å². The van der Waals surface area contributed by atoms with Gasteiger partial charge < -0.3 is 4.74 Å². The Kier molecular flexibility index (Phi) is 4.81. The third kappa shape index (κ3) is 3.45. The summed E-state index contributed by atoms with van der Waals surface area (Å²) in [6.07, 6.45) is -1.29. The zero-order chi connectivity index (χ0) is 16.3. The normalized spacial score (nSPS) is 12.4. The summed E-state index contributed by atoms with van der Waals surface area (Å²) in [5.74, 6) is -0.00629. The van der Waals surface area contributed by atoms with E-state index >= 15 is 0 Å². The van der Waals surface area contributed by atoms with E-state index in [-0.39, 0.29) is 22.3 Å². The maximum absolute atomic E-state index is 12.9. The van der Waals surface area contributed by atoms with Gasteiger partial charge in [0.25, 0.3) is 0 Å². The van der Waals surface area contributed by atoms with Crippen molar-refractivity contribution in [1.29, 1.82) is 0 Å². The second-order valence-electron chi connectivity index (χ2n) is 4.21. The molecule has 2 heterocycles. The van der Waals surface area contributed by atoms with E-state index in [4.69, 9.17) is 16.3 Å². The van der Waals surface area contributed by atoms with Crippen molar-refractivity contribution in [2.45, 2.75) is 18.9 Å². The number of methoxy groups -OCH3 is 1. The first-order valence-electron chi connectivity index (χ1n) is 5.96. The van der Waals surface area contributed by atoms with Gasteiger partial charge in [0.2, 0.25) is 12.3 Å². The molecule has 118 valence electrons. The average molecular weight is 334 g/mol. The Hall–Kier alpha value is -2.36. The Morgan fingerprint density at radius 1 is 1.50 bits per heavy atom. The van der Waals surface area contributed by atoms with Crippen LogP contribution in [0.2, 0.25) is 5.15 Å². The summed E-state index contributed by atoms with van der Waals surface area (Å²) in [6.45, 7) is 0. The minimum absolute atomic E-state index is 0.00629. The number of halogens is 3. The molecule has 1 atom stereocenters. The predicted octanol–water partition coefficient (Wildman–Crippen LogP) is 2.49. The van der Waals surface area contributed by atoms with Crippen LogP contribution >= 0.6 is 11.6 Å². The molecule has 0 aliphatic carbocycles. The van der Waals surface area contributed by atoms with E-state index in [2.05, 4.69) is 15.3 Å². The van der Waals surface area contributed by atoms with Gasteiger partial charge in [0, 0.05) is 12.0 Å². The zero-order valence-electron chi connectivity index (χ0n) is 11.2. The van der Waals surface area contributed by atoms with Crippen LogP contribution in [-0.4, -0.2) is 38.4 Å². The highest BCUT2D eigenvalue weighted by Crippen LogP contribution is 2.32. The molecule has 0 radical (unpaired) electrons. The molecular formula is C11H10ClF2N5O3. The highest BCUT2D eigenvalue weighted by Gasteiger charge is 2.26. The number of ether oxygens (including phenoxy) is 1. The number of rotatable bonds is 6. The molecule has 0 N–H and O–H groups in total. The second-order valence-corrected chi connectivity index (χ2v) is 4.60. The minimum Gasteiger partial charge on any atom is -0.480 e. The molecule has 0 bridgehead atoms. The van der Waals surface area contributed by atoms with Gasteiger partial charge in [0.05, 0.1) is 18.1 Å². The fraction of sp³-hybridized carbons (Fsp3) is 0.364. The molecule has 1 unspecified atom stereocenters. The van der Waals surface area contributed by atoms with E-state index in [9.17, 15) is 18.9 Å². The third-order valence-electron chi connectivity index (χ3n) is 2.83. The van der Waals surface area contributed by atoms with Crippen molar-refractivity contribution in [3.8, 4) is 5.88 Å². The van der Waals surface area contributed by atoms with E-state index in [1.807, 2.05) is 0 Å². The maximum Gasteiger partial charge on any atom is 0.307 e. The number of alkyl halides is 2. The number of hydrogen-bond acceptors (Lipinski definition) is 6. The van der Waals surface area contributed by atoms with E-state index in [0.717, 1.165) is 17.1 Å². The van der Waals surface area contributed by atoms with Gasteiger partial charge in [0.15, 0.2) is 5.15 Å². The predicted molar refractivity (Wildman–Crippen MR) is 71.2 cm³/mol. The van der Waals surface area contributed by atoms with Crippen molar-refractivity contribution in [3.05, 3.63) is 39.3 Å². The largest absolute Gasteiger partial charge is 0.480 e. The first kappa shape index (κ1) is 16.0. The van der Waals surface area contributed by atoms with Gasteiger partial charge >= 0.3 is 5.69 Å². The van der Waals surface area contributed by atoms with Crippen LogP contribution in [0, 0.1) is 10.1 Å². The van der Waals surface area contributed by atoms with Gasteiger partial charge in [0.1, 0.15) is 12.4 Å². The third-order valence-corrected chi connectivity index (χ3v) is 3.01. The number of aromatic nitrogens is 4. The first-order valence-corrected chi connectivity index (χ1v) is 6.34. The van der Waals surface area contributed by atoms with Gasteiger partial charge in [-0.15, -0.1) is 10.2 Å². The van der Waals surface area contributed by atoms with Crippen LogP contribution in [0.5, 0.6) is 5.88 Å². The summed E-state index contributed by atoms with van der Waals surface area (Å²) < 4.78 is 31.8. The summed E-state index contributed by atoms with van der Waals surface area (Å²) in [5, 5.41) is 21.7. The lowest BCUT2D eigenvalue weighted by molar-refractivity contribution is -0.385. The van der Waals surface area contributed by atoms with Crippen LogP contribution < -0.4 is 4.74 Å². The molecule has 11 heteroatoms. The van der Waals surface area contributed by atoms with Gasteiger partial charge in [-0.25, -0.2) is 8.78 Å². The summed E-state index contributed by atoms with van der Waals surface area (Å²) in [5.41, 5.74) is -0.104. The van der Waals surface area contributed by atoms with Crippen molar-refractivity contribution in [3.63, 3.8) is 0 Å². The second kappa shape index (κ2) is 6.60. The molecule has 22 heavy (non-hydrogen) atoms. The van der Waals surface area contributed by atoms with Gasteiger partial charge in [-0.3, -0.25) is 14.8 Å². The van der Waals surface area contributed by atoms with Crippen LogP contribution in [0.4, 0.5) is 14.5 Å². The Bertz CT molecular complexity index is 681. The van der Waals surface area contributed by atoms with Crippen LogP contribution in [0.3, 0.4) is 0 Å². The monoisotopic (exact) mass is 333 g/mol. The van der Waals surface area contributed by atoms with Gasteiger partial charge in [-0.1, -0.05) is 11.6 Å². The molecule has 0 aliphatic heterocycles. The quantitative estimate of drug-likeness (QED) is 0.595. The molecular weight excluding hydrogens is 324 g/mol. The lowest BCUT2D eigenvalue weighted by Crippen LogP contribution is -2.16. The number of nitro groups is 1. The molecule has 0 spiro atoms. The fourth-order valence-electron chi connectivity index (χ4n) is 1.91. The molecule has 0 saturated heterocycles. The molecule has 0 aliphatic rings. The molecule has 0 saturated carbocycles. The smallest absolute Gasteiger partial charge is 0.307 e. The lowest BCUT2D eigenvalue weighted by atomic mass is 10.1. The summed E-state index contributed by atoms with van der Waals surface area (Å²) in [6, 6.07) is 0.283. The topological polar surface area (TPSA) is 96.0 Å². The van der Waals surface area contributed by atoms with Crippen molar-refractivity contribution in [2.24, 2.45) is 0 Å². The van der Waals surface area contributed by atoms with E-state index in [0.29, 0.717) is 0 Å². The molecule has 0 fully saturated rings. The molecule has 2 aromatic heterocycles. The zero-order valence-corrected chi connectivity index (χ0v) is 11.9. The summed E-state index contributed by atoms with van der Waals surface area (Å²) >= 11 is 5.74. The van der Waals surface area contributed by atoms with E-state index in [1.165, 1.54) is 13.2 Å². The van der Waals surface area contributed by atoms with Crippen LogP contribution in [0.25, 0.3) is 0 Å². The maximum atomic E-state index is 12.9. The van der Waals surface area contributed by atoms with Gasteiger partial charge in [-0.2, -0.15) is 5.10 Å². The average Bonchev–Trinajstić information content (AvgIpc) is 2.94. The number of nitrogens with zero attached hydrogens (tertiary/aromatic N) is 5. The van der Waals surface area contributed by atoms with Crippen LogP contribution in [0.15, 0.2) is 18.5 Å². The van der Waals surface area contributed by atoms with Crippen LogP contribution in [0.1, 0.15) is 18.0 Å². The lowest BCUT2D eigenvalue weighted by Gasteiger charge is -2.18. The standard InChI is InChI=1S/C11H10ClF2N5O3/c1-22-11-7(2-9(12)16-17-11)8(3-10(13)14)18-5-6(4-15-18)19(20)21/h2,4-5,8,10H,3H2,1H3. The first-order chi connectivity index (χ1) is 10.4. The minimum atomic E-state index is -2.68. The summed E-state index contributed by atoms with van der Waals surface area (Å²) in [7, 11) is 1.30. The molecule has 0 aromatic carbocycles. The fourth-order valence-corrected chi connectivity index (χ4v) is 2.06. The Balaban J connectivity index is 2.49. The summed E-state index contributed by atoms with van der Waals surface area (Å²) in [4.78, 5) is 10.0. The molecule has 8 nitrogen and oxygen atoms in total. The Morgan fingerprint density at radius 3 is 2.77 bits per heavy atom. The van der Waals surface area contributed by atoms with Crippen molar-refractivity contribution in [2.75, 3.05) is 7.11 Å².